The number of ether oxygens (including phenoxy) is 1. The van der Waals surface area contributed by atoms with Crippen LogP contribution in [-0.4, -0.2) is 16.8 Å². The minimum Gasteiger partial charge on any atom is -0.487 e. The Morgan fingerprint density at radius 3 is 2.60 bits per heavy atom. The van der Waals surface area contributed by atoms with E-state index in [1.165, 1.54) is 5.56 Å². The highest BCUT2D eigenvalue weighted by Gasteiger charge is 2.12. The Balaban J connectivity index is 2.05. The van der Waals surface area contributed by atoms with Gasteiger partial charge < -0.3 is 10.1 Å². The average Bonchev–Trinajstić information content (AvgIpc) is 2.74. The molecule has 0 saturated carbocycles. The van der Waals surface area contributed by atoms with Gasteiger partial charge >= 0.3 is 0 Å². The van der Waals surface area contributed by atoms with Crippen LogP contribution in [0.3, 0.4) is 0 Å². The van der Waals surface area contributed by atoms with Crippen molar-refractivity contribution in [2.24, 2.45) is 0 Å². The molecule has 4 nitrogen and oxygen atoms in total. The smallest absolute Gasteiger partial charge is 0.131 e. The van der Waals surface area contributed by atoms with Crippen LogP contribution in [0.25, 0.3) is 0 Å². The summed E-state index contributed by atoms with van der Waals surface area (Å²) in [5.74, 6) is 0.873. The predicted molar refractivity (Wildman–Crippen MR) is 83.9 cm³/mol. The number of aryl methyl sites for hydroxylation is 2. The van der Waals surface area contributed by atoms with Gasteiger partial charge in [0.15, 0.2) is 0 Å². The Labute approximate surface area is 128 Å². The van der Waals surface area contributed by atoms with Crippen LogP contribution in [0.1, 0.15) is 23.9 Å². The lowest BCUT2D eigenvalue weighted by molar-refractivity contribution is 0.291. The lowest BCUT2D eigenvalue weighted by atomic mass is 10.2. The van der Waals surface area contributed by atoms with Crippen molar-refractivity contribution in [2.45, 2.75) is 33.5 Å². The van der Waals surface area contributed by atoms with E-state index in [9.17, 15) is 0 Å². The van der Waals surface area contributed by atoms with Crippen LogP contribution in [0, 0.1) is 6.92 Å². The number of hydrogen-bond acceptors (Lipinski definition) is 3. The normalized spacial score (nSPS) is 10.8. The topological polar surface area (TPSA) is 39.1 Å². The first-order valence-electron chi connectivity index (χ1n) is 6.73. The molecule has 1 N–H and O–H groups in total. The van der Waals surface area contributed by atoms with Gasteiger partial charge in [0, 0.05) is 13.1 Å². The van der Waals surface area contributed by atoms with Gasteiger partial charge in [-0.15, -0.1) is 0 Å². The molecule has 20 heavy (non-hydrogen) atoms. The quantitative estimate of drug-likeness (QED) is 0.879. The minimum absolute atomic E-state index is 0.515. The number of hydrogen-bond donors (Lipinski definition) is 1. The van der Waals surface area contributed by atoms with Crippen LogP contribution in [0.15, 0.2) is 28.7 Å². The van der Waals surface area contributed by atoms with E-state index < -0.39 is 0 Å². The predicted octanol–water partition coefficient (Wildman–Crippen LogP) is 3.27. The van der Waals surface area contributed by atoms with E-state index in [1.807, 2.05) is 30.8 Å². The van der Waals surface area contributed by atoms with Crippen LogP contribution < -0.4 is 10.1 Å². The lowest BCUT2D eigenvalue weighted by Crippen LogP contribution is -2.07. The van der Waals surface area contributed by atoms with Crippen molar-refractivity contribution in [2.75, 3.05) is 7.05 Å². The highest BCUT2D eigenvalue weighted by molar-refractivity contribution is 9.10. The van der Waals surface area contributed by atoms with E-state index in [1.54, 1.807) is 0 Å². The highest BCUT2D eigenvalue weighted by atomic mass is 79.9. The molecule has 0 saturated heterocycles. The third-order valence-corrected chi connectivity index (χ3v) is 4.16. The molecular formula is C15H20BrN3O. The summed E-state index contributed by atoms with van der Waals surface area (Å²) in [5.41, 5.74) is 3.31. The molecule has 1 aromatic carbocycles. The van der Waals surface area contributed by atoms with E-state index in [0.29, 0.717) is 6.61 Å². The molecule has 0 unspecified atom stereocenters. The van der Waals surface area contributed by atoms with Gasteiger partial charge in [0.2, 0.25) is 0 Å². The Hall–Kier alpha value is -1.33. The molecule has 0 atom stereocenters. The average molecular weight is 338 g/mol. The molecule has 0 spiro atoms. The van der Waals surface area contributed by atoms with Crippen LogP contribution in [-0.2, 0) is 19.7 Å². The van der Waals surface area contributed by atoms with Gasteiger partial charge in [0.25, 0.3) is 0 Å². The fourth-order valence-corrected chi connectivity index (χ4v) is 2.46. The minimum atomic E-state index is 0.515. The number of halogens is 1. The van der Waals surface area contributed by atoms with Gasteiger partial charge in [-0.2, -0.15) is 5.10 Å². The van der Waals surface area contributed by atoms with E-state index in [4.69, 9.17) is 4.74 Å². The van der Waals surface area contributed by atoms with Crippen LogP contribution in [0.5, 0.6) is 5.75 Å². The fourth-order valence-electron chi connectivity index (χ4n) is 2.07. The monoisotopic (exact) mass is 337 g/mol. The summed E-state index contributed by atoms with van der Waals surface area (Å²) in [6, 6.07) is 8.15. The molecule has 5 heteroatoms. The summed E-state index contributed by atoms with van der Waals surface area (Å²) in [4.78, 5) is 0. The molecule has 1 heterocycles. The van der Waals surface area contributed by atoms with Gasteiger partial charge in [0.05, 0.1) is 15.9 Å². The maximum Gasteiger partial charge on any atom is 0.131 e. The standard InChI is InChI=1S/C15H20BrN3O/c1-4-19-14(15(16)11(2)18-19)10-20-13-7-5-12(6-8-13)9-17-3/h5-8,17H,4,9-10H2,1-3H3. The van der Waals surface area contributed by atoms with Crippen LogP contribution in [0.4, 0.5) is 0 Å². The van der Waals surface area contributed by atoms with Crippen molar-refractivity contribution in [3.8, 4) is 5.75 Å². The summed E-state index contributed by atoms with van der Waals surface area (Å²) in [7, 11) is 1.94. The first-order valence-corrected chi connectivity index (χ1v) is 7.53. The Kier molecular flexibility index (Phi) is 5.20. The van der Waals surface area contributed by atoms with Crippen LogP contribution in [0.2, 0.25) is 0 Å². The third kappa shape index (κ3) is 3.41. The molecule has 0 radical (unpaired) electrons. The molecule has 2 rings (SSSR count). The second-order valence-electron chi connectivity index (χ2n) is 4.62. The number of aromatic nitrogens is 2. The number of rotatable bonds is 6. The number of nitrogens with zero attached hydrogens (tertiary/aromatic N) is 2. The van der Waals surface area contributed by atoms with Crippen molar-refractivity contribution in [3.05, 3.63) is 45.7 Å². The molecule has 0 bridgehead atoms. The van der Waals surface area contributed by atoms with E-state index in [0.717, 1.165) is 34.7 Å². The molecule has 0 aliphatic rings. The highest BCUT2D eigenvalue weighted by Crippen LogP contribution is 2.23. The molecule has 1 aromatic heterocycles. The zero-order valence-electron chi connectivity index (χ0n) is 12.1. The Morgan fingerprint density at radius 1 is 1.30 bits per heavy atom. The second kappa shape index (κ2) is 6.90. The zero-order chi connectivity index (χ0) is 14.5. The molecule has 0 aliphatic carbocycles. The van der Waals surface area contributed by atoms with Crippen molar-refractivity contribution < 1.29 is 4.74 Å². The van der Waals surface area contributed by atoms with Gasteiger partial charge in [-0.05, 0) is 54.5 Å². The largest absolute Gasteiger partial charge is 0.487 e. The SMILES string of the molecule is CCn1nc(C)c(Br)c1COc1ccc(CNC)cc1. The van der Waals surface area contributed by atoms with Gasteiger partial charge in [-0.3, -0.25) is 4.68 Å². The summed E-state index contributed by atoms with van der Waals surface area (Å²) >= 11 is 3.58. The Morgan fingerprint density at radius 2 is 2.00 bits per heavy atom. The summed E-state index contributed by atoms with van der Waals surface area (Å²) in [6.45, 7) is 6.29. The second-order valence-corrected chi connectivity index (χ2v) is 5.42. The number of nitrogens with one attached hydrogen (secondary N) is 1. The zero-order valence-corrected chi connectivity index (χ0v) is 13.7. The summed E-state index contributed by atoms with van der Waals surface area (Å²) in [6.07, 6.45) is 0. The van der Waals surface area contributed by atoms with Crippen molar-refractivity contribution in [3.63, 3.8) is 0 Å². The summed E-state index contributed by atoms with van der Waals surface area (Å²) < 4.78 is 8.85. The maximum absolute atomic E-state index is 5.85. The maximum atomic E-state index is 5.85. The molecule has 0 aliphatic heterocycles. The van der Waals surface area contributed by atoms with Crippen molar-refractivity contribution >= 4 is 15.9 Å². The van der Waals surface area contributed by atoms with E-state index in [-0.39, 0.29) is 0 Å². The third-order valence-electron chi connectivity index (χ3n) is 3.13. The molecule has 2 aromatic rings. The molecular weight excluding hydrogens is 318 g/mol. The molecule has 0 amide bonds. The Bertz CT molecular complexity index is 563. The van der Waals surface area contributed by atoms with E-state index >= 15 is 0 Å². The fraction of sp³-hybridized carbons (Fsp3) is 0.400. The molecule has 0 fully saturated rings. The van der Waals surface area contributed by atoms with Gasteiger partial charge in [0.1, 0.15) is 12.4 Å². The number of benzene rings is 1. The van der Waals surface area contributed by atoms with Crippen molar-refractivity contribution in [1.82, 2.24) is 15.1 Å². The summed E-state index contributed by atoms with van der Waals surface area (Å²) in [5, 5.41) is 7.59. The lowest BCUT2D eigenvalue weighted by Gasteiger charge is -2.09. The van der Waals surface area contributed by atoms with Gasteiger partial charge in [-0.25, -0.2) is 0 Å². The van der Waals surface area contributed by atoms with E-state index in [2.05, 4.69) is 45.4 Å². The van der Waals surface area contributed by atoms with Crippen LogP contribution >= 0.6 is 15.9 Å². The first-order chi connectivity index (χ1) is 9.65. The van der Waals surface area contributed by atoms with Crippen molar-refractivity contribution in [1.29, 1.82) is 0 Å². The first kappa shape index (κ1) is 15.1. The van der Waals surface area contributed by atoms with Gasteiger partial charge in [-0.1, -0.05) is 12.1 Å². The molecule has 108 valence electrons.